The highest BCUT2D eigenvalue weighted by Crippen LogP contribution is 2.26. The van der Waals surface area contributed by atoms with Gasteiger partial charge >= 0.3 is 23.9 Å². The van der Waals surface area contributed by atoms with Gasteiger partial charge in [-0.2, -0.15) is 0 Å². The number of carbonyl (C=O) groups is 4. The molecule has 0 aliphatic rings. The lowest BCUT2D eigenvalue weighted by molar-refractivity contribution is 0.0676. The summed E-state index contributed by atoms with van der Waals surface area (Å²) in [6.07, 6.45) is 0. The SMILES string of the molecule is O=C(O)c1cc(C(=O)O)cc(S(=O)(=O)c2cc(C(=O)O)cc(C(=O)O)c2)c1. The third-order valence-corrected chi connectivity index (χ3v) is 5.13. The fraction of sp³-hybridized carbons (Fsp3) is 0. The predicted octanol–water partition coefficient (Wildman–Crippen LogP) is 1.31. The average Bonchev–Trinajstić information content (AvgIpc) is 2.60. The van der Waals surface area contributed by atoms with Gasteiger partial charge in [0.15, 0.2) is 0 Å². The minimum atomic E-state index is -4.62. The van der Waals surface area contributed by atoms with Crippen LogP contribution in [0.15, 0.2) is 46.2 Å². The Morgan fingerprint density at radius 2 is 0.741 bits per heavy atom. The minimum Gasteiger partial charge on any atom is -0.478 e. The maximum Gasteiger partial charge on any atom is 0.335 e. The molecule has 0 amide bonds. The van der Waals surface area contributed by atoms with Gasteiger partial charge in [-0.3, -0.25) is 0 Å². The number of hydrogen-bond donors (Lipinski definition) is 4. The molecule has 0 aliphatic heterocycles. The summed E-state index contributed by atoms with van der Waals surface area (Å²) in [6, 6.07) is 4.27. The van der Waals surface area contributed by atoms with Crippen LogP contribution < -0.4 is 0 Å². The number of hydrogen-bond acceptors (Lipinski definition) is 6. The molecule has 0 aliphatic carbocycles. The number of sulfone groups is 1. The number of benzene rings is 2. The van der Waals surface area contributed by atoms with Gasteiger partial charge in [0.25, 0.3) is 0 Å². The molecule has 4 N–H and O–H groups in total. The van der Waals surface area contributed by atoms with Crippen LogP contribution in [0.5, 0.6) is 0 Å². The molecule has 0 saturated heterocycles. The fourth-order valence-corrected chi connectivity index (χ4v) is 3.54. The summed E-state index contributed by atoms with van der Waals surface area (Å²) in [4.78, 5) is 43.1. The van der Waals surface area contributed by atoms with Gasteiger partial charge in [-0.25, -0.2) is 27.6 Å². The molecule has 0 fully saturated rings. The summed E-state index contributed by atoms with van der Waals surface area (Å²) in [5.41, 5.74) is -2.50. The number of carboxylic acid groups (broad SMARTS) is 4. The Balaban J connectivity index is 2.79. The van der Waals surface area contributed by atoms with E-state index in [-0.39, 0.29) is 0 Å². The molecule has 0 aromatic heterocycles. The Bertz CT molecular complexity index is 952. The average molecular weight is 394 g/mol. The van der Waals surface area contributed by atoms with E-state index in [9.17, 15) is 27.6 Å². The molecule has 0 atom stereocenters. The van der Waals surface area contributed by atoms with Crippen LogP contribution in [0.25, 0.3) is 0 Å². The molecule has 140 valence electrons. The van der Waals surface area contributed by atoms with E-state index in [4.69, 9.17) is 20.4 Å². The third-order valence-electron chi connectivity index (χ3n) is 3.42. The first-order chi connectivity index (χ1) is 12.4. The van der Waals surface area contributed by atoms with Gasteiger partial charge in [0.2, 0.25) is 9.84 Å². The van der Waals surface area contributed by atoms with Crippen LogP contribution in [0, 0.1) is 0 Å². The van der Waals surface area contributed by atoms with Crippen molar-refractivity contribution in [2.45, 2.75) is 9.79 Å². The highest BCUT2D eigenvalue weighted by molar-refractivity contribution is 7.91. The largest absolute Gasteiger partial charge is 0.478 e. The zero-order chi connectivity index (χ0) is 20.5. The zero-order valence-corrected chi connectivity index (χ0v) is 13.9. The lowest BCUT2D eigenvalue weighted by Crippen LogP contribution is -2.11. The Hall–Kier alpha value is -3.73. The lowest BCUT2D eigenvalue weighted by atomic mass is 10.1. The van der Waals surface area contributed by atoms with E-state index < -0.39 is 65.8 Å². The van der Waals surface area contributed by atoms with Crippen LogP contribution in [-0.4, -0.2) is 52.7 Å². The van der Waals surface area contributed by atoms with Crippen molar-refractivity contribution in [3.8, 4) is 0 Å². The van der Waals surface area contributed by atoms with Crippen LogP contribution in [-0.2, 0) is 9.84 Å². The van der Waals surface area contributed by atoms with Gasteiger partial charge in [0, 0.05) is 0 Å². The first kappa shape index (κ1) is 19.6. The van der Waals surface area contributed by atoms with Crippen molar-refractivity contribution >= 4 is 33.7 Å². The van der Waals surface area contributed by atoms with Crippen LogP contribution >= 0.6 is 0 Å². The third kappa shape index (κ3) is 3.93. The molecule has 10 nitrogen and oxygen atoms in total. The fourth-order valence-electron chi connectivity index (χ4n) is 2.14. The predicted molar refractivity (Wildman–Crippen MR) is 86.2 cm³/mol. The van der Waals surface area contributed by atoms with Gasteiger partial charge in [-0.05, 0) is 36.4 Å². The molecular formula is C16H10O10S. The first-order valence-electron chi connectivity index (χ1n) is 6.92. The van der Waals surface area contributed by atoms with Crippen molar-refractivity contribution in [2.75, 3.05) is 0 Å². The number of rotatable bonds is 6. The lowest BCUT2D eigenvalue weighted by Gasteiger charge is -2.09. The maximum absolute atomic E-state index is 12.8. The van der Waals surface area contributed by atoms with Crippen LogP contribution in [0.2, 0.25) is 0 Å². The van der Waals surface area contributed by atoms with E-state index >= 15 is 0 Å². The molecule has 0 saturated carbocycles. The standard InChI is InChI=1S/C16H10O10S/c17-13(18)7-1-8(14(19)20)4-11(3-7)27(25,26)12-5-9(15(21)22)2-10(6-12)16(23)24/h1-6H,(H,17,18)(H,19,20)(H,21,22)(H,23,24). The smallest absolute Gasteiger partial charge is 0.335 e. The van der Waals surface area contributed by atoms with E-state index in [1.807, 2.05) is 0 Å². The van der Waals surface area contributed by atoms with Crippen LogP contribution in [0.3, 0.4) is 0 Å². The second-order valence-corrected chi connectivity index (χ2v) is 7.17. The summed E-state index contributed by atoms with van der Waals surface area (Å²) in [5, 5.41) is 36.2. The quantitative estimate of drug-likeness (QED) is 0.557. The second kappa shape index (κ2) is 6.88. The minimum absolute atomic E-state index is 0.624. The van der Waals surface area contributed by atoms with Crippen molar-refractivity contribution in [3.05, 3.63) is 58.7 Å². The molecule has 0 radical (unpaired) electrons. The normalized spacial score (nSPS) is 11.0. The Labute approximate surface area is 150 Å². The van der Waals surface area contributed by atoms with Crippen LogP contribution in [0.1, 0.15) is 41.4 Å². The van der Waals surface area contributed by atoms with Gasteiger partial charge < -0.3 is 20.4 Å². The summed E-state index contributed by atoms with van der Waals surface area (Å²) in [6.45, 7) is 0. The molecule has 2 aromatic carbocycles. The van der Waals surface area contributed by atoms with Crippen molar-refractivity contribution in [2.24, 2.45) is 0 Å². The molecule has 0 bridgehead atoms. The van der Waals surface area contributed by atoms with Gasteiger partial charge in [-0.15, -0.1) is 0 Å². The highest BCUT2D eigenvalue weighted by Gasteiger charge is 2.25. The molecule has 0 unspecified atom stereocenters. The summed E-state index contributed by atoms with van der Waals surface area (Å²) >= 11 is 0. The summed E-state index contributed by atoms with van der Waals surface area (Å²) in [5.74, 6) is -6.33. The first-order valence-corrected chi connectivity index (χ1v) is 8.40. The van der Waals surface area contributed by atoms with Gasteiger partial charge in [0.1, 0.15) is 0 Å². The molecule has 2 rings (SSSR count). The van der Waals surface area contributed by atoms with E-state index in [0.29, 0.717) is 24.3 Å². The number of carboxylic acids is 4. The Kier molecular flexibility index (Phi) is 4.99. The Morgan fingerprint density at radius 3 is 0.926 bits per heavy atom. The highest BCUT2D eigenvalue weighted by atomic mass is 32.2. The van der Waals surface area contributed by atoms with Crippen molar-refractivity contribution in [3.63, 3.8) is 0 Å². The van der Waals surface area contributed by atoms with E-state index in [1.54, 1.807) is 0 Å². The molecule has 27 heavy (non-hydrogen) atoms. The maximum atomic E-state index is 12.8. The summed E-state index contributed by atoms with van der Waals surface area (Å²) in [7, 11) is -4.62. The number of aromatic carboxylic acids is 4. The van der Waals surface area contributed by atoms with Gasteiger partial charge in [0.05, 0.1) is 32.0 Å². The molecule has 2 aromatic rings. The van der Waals surface area contributed by atoms with E-state index in [1.165, 1.54) is 0 Å². The van der Waals surface area contributed by atoms with Crippen LogP contribution in [0.4, 0.5) is 0 Å². The second-order valence-electron chi connectivity index (χ2n) is 5.22. The van der Waals surface area contributed by atoms with E-state index in [2.05, 4.69) is 0 Å². The Morgan fingerprint density at radius 1 is 0.519 bits per heavy atom. The van der Waals surface area contributed by atoms with Gasteiger partial charge in [-0.1, -0.05) is 0 Å². The van der Waals surface area contributed by atoms with Crippen molar-refractivity contribution in [1.29, 1.82) is 0 Å². The monoisotopic (exact) mass is 394 g/mol. The zero-order valence-electron chi connectivity index (χ0n) is 13.1. The molecular weight excluding hydrogens is 384 g/mol. The topological polar surface area (TPSA) is 183 Å². The summed E-state index contributed by atoms with van der Waals surface area (Å²) < 4.78 is 25.5. The van der Waals surface area contributed by atoms with Crippen molar-refractivity contribution in [1.82, 2.24) is 0 Å². The molecule has 11 heteroatoms. The van der Waals surface area contributed by atoms with Crippen molar-refractivity contribution < 1.29 is 48.0 Å². The molecule has 0 heterocycles. The van der Waals surface area contributed by atoms with E-state index in [0.717, 1.165) is 12.1 Å². The molecule has 0 spiro atoms.